The lowest BCUT2D eigenvalue weighted by molar-refractivity contribution is -0.141. The monoisotopic (exact) mass is 424 g/mol. The number of benzene rings is 1. The molecule has 1 saturated heterocycles. The van der Waals surface area contributed by atoms with Crippen LogP contribution in [0.3, 0.4) is 0 Å². The van der Waals surface area contributed by atoms with Crippen molar-refractivity contribution >= 4 is 24.2 Å². The largest absolute Gasteiger partial charge is 0.495 e. The van der Waals surface area contributed by atoms with Gasteiger partial charge in [0.1, 0.15) is 11.5 Å². The quantitative estimate of drug-likeness (QED) is 0.596. The molecular formula is C20H21BF4N2O3. The molecule has 30 heavy (non-hydrogen) atoms. The van der Waals surface area contributed by atoms with Crippen molar-refractivity contribution in [1.82, 2.24) is 4.98 Å². The highest BCUT2D eigenvalue weighted by Crippen LogP contribution is 2.37. The van der Waals surface area contributed by atoms with E-state index in [0.717, 1.165) is 12.3 Å². The highest BCUT2D eigenvalue weighted by molar-refractivity contribution is 6.62. The number of pyridine rings is 1. The van der Waals surface area contributed by atoms with Crippen molar-refractivity contribution in [3.05, 3.63) is 53.1 Å². The summed E-state index contributed by atoms with van der Waals surface area (Å²) in [6, 6.07) is 4.31. The molecule has 0 atom stereocenters. The lowest BCUT2D eigenvalue weighted by atomic mass is 9.76. The van der Waals surface area contributed by atoms with Crippen LogP contribution in [-0.2, 0) is 15.5 Å². The third-order valence-electron chi connectivity index (χ3n) is 5.42. The van der Waals surface area contributed by atoms with E-state index in [1.54, 1.807) is 6.92 Å². The molecule has 2 aromatic rings. The second kappa shape index (κ2) is 7.35. The summed E-state index contributed by atoms with van der Waals surface area (Å²) >= 11 is 0. The maximum Gasteiger partial charge on any atom is 0.495 e. The number of hydrogen-bond acceptors (Lipinski definition) is 4. The average molecular weight is 424 g/mol. The van der Waals surface area contributed by atoms with E-state index < -0.39 is 41.9 Å². The van der Waals surface area contributed by atoms with E-state index in [0.29, 0.717) is 17.1 Å². The Kier molecular flexibility index (Phi) is 5.45. The van der Waals surface area contributed by atoms with Gasteiger partial charge in [-0.05, 0) is 69.9 Å². The third kappa shape index (κ3) is 4.20. The molecule has 1 aromatic heterocycles. The number of rotatable bonds is 3. The van der Waals surface area contributed by atoms with Crippen LogP contribution in [0.15, 0.2) is 30.5 Å². The predicted octanol–water partition coefficient (Wildman–Crippen LogP) is 4.10. The Morgan fingerprint density at radius 1 is 1.10 bits per heavy atom. The average Bonchev–Trinajstić information content (AvgIpc) is 2.84. The zero-order chi connectivity index (χ0) is 22.5. The summed E-state index contributed by atoms with van der Waals surface area (Å²) in [7, 11) is -0.788. The van der Waals surface area contributed by atoms with E-state index >= 15 is 0 Å². The van der Waals surface area contributed by atoms with E-state index in [1.165, 1.54) is 12.1 Å². The van der Waals surface area contributed by atoms with Crippen molar-refractivity contribution in [3.8, 4) is 0 Å². The number of halogens is 4. The standard InChI is InChI=1S/C20H21BF4N2O3/c1-11-8-14(22)15(10-13(11)21-29-18(2,3)19(4,5)30-21)27-17(28)12-6-7-26-16(9-12)20(23,24)25/h6-10H,1-5H3,(H,27,28). The molecular weight excluding hydrogens is 403 g/mol. The van der Waals surface area contributed by atoms with Crippen LogP contribution in [0.2, 0.25) is 0 Å². The minimum Gasteiger partial charge on any atom is -0.399 e. The molecule has 1 N–H and O–H groups in total. The van der Waals surface area contributed by atoms with Crippen LogP contribution < -0.4 is 10.8 Å². The zero-order valence-corrected chi connectivity index (χ0v) is 17.1. The Morgan fingerprint density at radius 3 is 2.27 bits per heavy atom. The summed E-state index contributed by atoms with van der Waals surface area (Å²) in [5, 5.41) is 2.32. The van der Waals surface area contributed by atoms with E-state index in [1.807, 2.05) is 27.7 Å². The van der Waals surface area contributed by atoms with Crippen molar-refractivity contribution < 1.29 is 31.7 Å². The second-order valence-electron chi connectivity index (χ2n) is 8.16. The molecule has 0 saturated carbocycles. The van der Waals surface area contributed by atoms with Crippen LogP contribution in [0.1, 0.15) is 49.3 Å². The summed E-state index contributed by atoms with van der Waals surface area (Å²) in [4.78, 5) is 15.6. The number of anilines is 1. The summed E-state index contributed by atoms with van der Waals surface area (Å²) in [5.74, 6) is -1.63. The molecule has 1 aliphatic rings. The Morgan fingerprint density at radius 2 is 1.70 bits per heavy atom. The Balaban J connectivity index is 1.89. The molecule has 2 heterocycles. The normalized spacial score (nSPS) is 17.8. The van der Waals surface area contributed by atoms with Crippen molar-refractivity contribution in [2.45, 2.75) is 52.0 Å². The van der Waals surface area contributed by atoms with Crippen LogP contribution >= 0.6 is 0 Å². The molecule has 1 aromatic carbocycles. The molecule has 10 heteroatoms. The lowest BCUT2D eigenvalue weighted by Gasteiger charge is -2.32. The number of carbonyl (C=O) groups excluding carboxylic acids is 1. The van der Waals surface area contributed by atoms with Crippen LogP contribution in [0.4, 0.5) is 23.2 Å². The Bertz CT molecular complexity index is 977. The van der Waals surface area contributed by atoms with Gasteiger partial charge in [-0.25, -0.2) is 4.39 Å². The van der Waals surface area contributed by atoms with Gasteiger partial charge in [-0.1, -0.05) is 0 Å². The fourth-order valence-corrected chi connectivity index (χ4v) is 2.93. The number of nitrogens with zero attached hydrogens (tertiary/aromatic N) is 1. The fourth-order valence-electron chi connectivity index (χ4n) is 2.93. The van der Waals surface area contributed by atoms with Gasteiger partial charge in [0, 0.05) is 11.8 Å². The van der Waals surface area contributed by atoms with E-state index in [2.05, 4.69) is 10.3 Å². The lowest BCUT2D eigenvalue weighted by Crippen LogP contribution is -2.41. The van der Waals surface area contributed by atoms with E-state index in [-0.39, 0.29) is 11.3 Å². The highest BCUT2D eigenvalue weighted by Gasteiger charge is 2.52. The van der Waals surface area contributed by atoms with Gasteiger partial charge in [0.25, 0.3) is 5.91 Å². The van der Waals surface area contributed by atoms with Crippen molar-refractivity contribution in [2.75, 3.05) is 5.32 Å². The van der Waals surface area contributed by atoms with Gasteiger partial charge in [0.05, 0.1) is 16.9 Å². The predicted molar refractivity (Wildman–Crippen MR) is 104 cm³/mol. The molecule has 5 nitrogen and oxygen atoms in total. The Labute approximate surface area is 171 Å². The van der Waals surface area contributed by atoms with Gasteiger partial charge in [0.15, 0.2) is 0 Å². The molecule has 0 aliphatic carbocycles. The number of amides is 1. The number of alkyl halides is 3. The first-order valence-corrected chi connectivity index (χ1v) is 9.21. The highest BCUT2D eigenvalue weighted by atomic mass is 19.4. The Hall–Kier alpha value is -2.46. The fraction of sp³-hybridized carbons (Fsp3) is 0.400. The van der Waals surface area contributed by atoms with Gasteiger partial charge in [-0.2, -0.15) is 13.2 Å². The first kappa shape index (κ1) is 22.2. The number of nitrogens with one attached hydrogen (secondary N) is 1. The van der Waals surface area contributed by atoms with Gasteiger partial charge < -0.3 is 14.6 Å². The topological polar surface area (TPSA) is 60.5 Å². The smallest absolute Gasteiger partial charge is 0.399 e. The van der Waals surface area contributed by atoms with Gasteiger partial charge in [-0.15, -0.1) is 0 Å². The third-order valence-corrected chi connectivity index (χ3v) is 5.42. The summed E-state index contributed by atoms with van der Waals surface area (Å²) < 4.78 is 64.9. The summed E-state index contributed by atoms with van der Waals surface area (Å²) in [5.41, 5.74) is -1.88. The molecule has 1 aliphatic heterocycles. The molecule has 1 fully saturated rings. The molecule has 0 radical (unpaired) electrons. The number of hydrogen-bond donors (Lipinski definition) is 1. The molecule has 3 rings (SSSR count). The maximum absolute atomic E-state index is 14.5. The SMILES string of the molecule is Cc1cc(F)c(NC(=O)c2ccnc(C(F)(F)F)c2)cc1B1OC(C)(C)C(C)(C)O1. The molecule has 0 spiro atoms. The molecule has 0 bridgehead atoms. The first-order chi connectivity index (χ1) is 13.7. The number of aromatic nitrogens is 1. The van der Waals surface area contributed by atoms with Crippen LogP contribution in [0, 0.1) is 12.7 Å². The van der Waals surface area contributed by atoms with Crippen LogP contribution in [-0.4, -0.2) is 29.2 Å². The van der Waals surface area contributed by atoms with E-state index in [4.69, 9.17) is 9.31 Å². The number of carbonyl (C=O) groups is 1. The molecule has 0 unspecified atom stereocenters. The summed E-state index contributed by atoms with van der Waals surface area (Å²) in [6.45, 7) is 9.16. The second-order valence-corrected chi connectivity index (χ2v) is 8.16. The van der Waals surface area contributed by atoms with Gasteiger partial charge in [0.2, 0.25) is 0 Å². The van der Waals surface area contributed by atoms with Gasteiger partial charge in [-0.3, -0.25) is 9.78 Å². The molecule has 160 valence electrons. The number of aryl methyl sites for hydroxylation is 1. The summed E-state index contributed by atoms with van der Waals surface area (Å²) in [6.07, 6.45) is -3.83. The minimum atomic E-state index is -4.70. The van der Waals surface area contributed by atoms with Crippen molar-refractivity contribution in [1.29, 1.82) is 0 Å². The van der Waals surface area contributed by atoms with E-state index in [9.17, 15) is 22.4 Å². The molecule has 1 amide bonds. The van der Waals surface area contributed by atoms with Crippen LogP contribution in [0.5, 0.6) is 0 Å². The zero-order valence-electron chi connectivity index (χ0n) is 17.1. The van der Waals surface area contributed by atoms with Gasteiger partial charge >= 0.3 is 13.3 Å². The van der Waals surface area contributed by atoms with Crippen molar-refractivity contribution in [2.24, 2.45) is 0 Å². The van der Waals surface area contributed by atoms with Crippen LogP contribution in [0.25, 0.3) is 0 Å². The van der Waals surface area contributed by atoms with Crippen molar-refractivity contribution in [3.63, 3.8) is 0 Å². The minimum absolute atomic E-state index is 0.194. The maximum atomic E-state index is 14.5. The first-order valence-electron chi connectivity index (χ1n) is 9.21.